The van der Waals surface area contributed by atoms with Crippen LogP contribution in [0.1, 0.15) is 24.5 Å². The zero-order valence-electron chi connectivity index (χ0n) is 15.4. The molecule has 0 fully saturated rings. The van der Waals surface area contributed by atoms with Crippen LogP contribution in [0.15, 0.2) is 63.6 Å². The third-order valence-electron chi connectivity index (χ3n) is 4.32. The Morgan fingerprint density at radius 1 is 1.14 bits per heavy atom. The first kappa shape index (κ1) is 17.8. The SMILES string of the molecule is COc1ccc2c(CC(=O)O[C@H](C)c3nnc(-c4ccccc4)o3)coc2c1. The van der Waals surface area contributed by atoms with Crippen LogP contribution in [0.3, 0.4) is 0 Å². The second kappa shape index (κ2) is 7.56. The topological polar surface area (TPSA) is 87.6 Å². The Balaban J connectivity index is 1.43. The first-order chi connectivity index (χ1) is 13.6. The number of esters is 1. The summed E-state index contributed by atoms with van der Waals surface area (Å²) in [7, 11) is 1.59. The molecule has 0 N–H and O–H groups in total. The molecule has 2 aromatic carbocycles. The van der Waals surface area contributed by atoms with Crippen LogP contribution in [0, 0.1) is 0 Å². The molecule has 28 heavy (non-hydrogen) atoms. The van der Waals surface area contributed by atoms with Gasteiger partial charge < -0.3 is 18.3 Å². The van der Waals surface area contributed by atoms with Gasteiger partial charge in [-0.15, -0.1) is 10.2 Å². The minimum Gasteiger partial charge on any atom is -0.497 e. The van der Waals surface area contributed by atoms with Gasteiger partial charge in [-0.1, -0.05) is 18.2 Å². The summed E-state index contributed by atoms with van der Waals surface area (Å²) < 4.78 is 21.8. The predicted molar refractivity (Wildman–Crippen MR) is 101 cm³/mol. The fourth-order valence-electron chi connectivity index (χ4n) is 2.87. The van der Waals surface area contributed by atoms with Crippen LogP contribution in [0.5, 0.6) is 5.75 Å². The van der Waals surface area contributed by atoms with E-state index in [4.69, 9.17) is 18.3 Å². The third-order valence-corrected chi connectivity index (χ3v) is 4.32. The highest BCUT2D eigenvalue weighted by atomic mass is 16.6. The highest BCUT2D eigenvalue weighted by Crippen LogP contribution is 2.27. The van der Waals surface area contributed by atoms with Crippen LogP contribution in [-0.4, -0.2) is 23.3 Å². The smallest absolute Gasteiger partial charge is 0.311 e. The molecule has 4 aromatic rings. The fraction of sp³-hybridized carbons (Fsp3) is 0.190. The van der Waals surface area contributed by atoms with Crippen LogP contribution >= 0.6 is 0 Å². The van der Waals surface area contributed by atoms with Gasteiger partial charge in [-0.05, 0) is 31.2 Å². The lowest BCUT2D eigenvalue weighted by atomic mass is 10.1. The molecule has 0 radical (unpaired) electrons. The van der Waals surface area contributed by atoms with E-state index in [1.807, 2.05) is 42.5 Å². The number of furan rings is 1. The Kier molecular flexibility index (Phi) is 4.80. The largest absolute Gasteiger partial charge is 0.497 e. The number of methoxy groups -OCH3 is 1. The van der Waals surface area contributed by atoms with E-state index in [0.717, 1.165) is 16.5 Å². The standard InChI is InChI=1S/C21H18N2O5/c1-13(20-22-23-21(28-20)14-6-4-3-5-7-14)27-19(24)10-15-12-26-18-11-16(25-2)8-9-17(15)18/h3-9,11-13H,10H2,1-2H3/t13-/m1/s1. The Hall–Kier alpha value is -3.61. The molecule has 2 heterocycles. The van der Waals surface area contributed by atoms with E-state index in [1.54, 1.807) is 26.4 Å². The maximum atomic E-state index is 12.4. The normalized spacial score (nSPS) is 12.1. The number of ether oxygens (including phenoxy) is 2. The monoisotopic (exact) mass is 378 g/mol. The molecule has 0 bridgehead atoms. The molecule has 7 heteroatoms. The molecule has 0 unspecified atom stereocenters. The summed E-state index contributed by atoms with van der Waals surface area (Å²) >= 11 is 0. The Bertz CT molecular complexity index is 1100. The fourth-order valence-corrected chi connectivity index (χ4v) is 2.87. The number of hydrogen-bond acceptors (Lipinski definition) is 7. The lowest BCUT2D eigenvalue weighted by molar-refractivity contribution is -0.148. The number of hydrogen-bond donors (Lipinski definition) is 0. The number of benzene rings is 2. The quantitative estimate of drug-likeness (QED) is 0.461. The molecule has 0 aliphatic rings. The van der Waals surface area contributed by atoms with E-state index in [1.165, 1.54) is 0 Å². The summed E-state index contributed by atoms with van der Waals surface area (Å²) in [6.45, 7) is 1.69. The number of fused-ring (bicyclic) bond motifs is 1. The molecule has 1 atom stereocenters. The average Bonchev–Trinajstić information content (AvgIpc) is 3.36. The van der Waals surface area contributed by atoms with Crippen LogP contribution in [0.4, 0.5) is 0 Å². The van der Waals surface area contributed by atoms with E-state index in [0.29, 0.717) is 17.2 Å². The number of carbonyl (C=O) groups excluding carboxylic acids is 1. The second-order valence-electron chi connectivity index (χ2n) is 6.24. The van der Waals surface area contributed by atoms with Crippen molar-refractivity contribution in [1.82, 2.24) is 10.2 Å². The van der Waals surface area contributed by atoms with Crippen molar-refractivity contribution in [3.63, 3.8) is 0 Å². The number of nitrogens with zero attached hydrogens (tertiary/aromatic N) is 2. The summed E-state index contributed by atoms with van der Waals surface area (Å²) in [5.74, 6) is 0.906. The van der Waals surface area contributed by atoms with Crippen LogP contribution in [0.25, 0.3) is 22.4 Å². The van der Waals surface area contributed by atoms with Crippen LogP contribution in [0.2, 0.25) is 0 Å². The first-order valence-corrected chi connectivity index (χ1v) is 8.76. The van der Waals surface area contributed by atoms with Gasteiger partial charge >= 0.3 is 5.97 Å². The lowest BCUT2D eigenvalue weighted by Crippen LogP contribution is -2.11. The van der Waals surface area contributed by atoms with Crippen molar-refractivity contribution in [3.8, 4) is 17.2 Å². The molecule has 142 valence electrons. The van der Waals surface area contributed by atoms with Gasteiger partial charge in [0.2, 0.25) is 5.89 Å². The molecule has 7 nitrogen and oxygen atoms in total. The molecule has 0 saturated heterocycles. The van der Waals surface area contributed by atoms with E-state index in [-0.39, 0.29) is 12.3 Å². The summed E-state index contributed by atoms with van der Waals surface area (Å²) in [4.78, 5) is 12.4. The van der Waals surface area contributed by atoms with Gasteiger partial charge in [0, 0.05) is 22.6 Å². The molecule has 0 spiro atoms. The molecule has 4 rings (SSSR count). The maximum Gasteiger partial charge on any atom is 0.311 e. The second-order valence-corrected chi connectivity index (χ2v) is 6.24. The van der Waals surface area contributed by atoms with Crippen molar-refractivity contribution >= 4 is 16.9 Å². The minimum atomic E-state index is -0.657. The van der Waals surface area contributed by atoms with Gasteiger partial charge in [0.25, 0.3) is 5.89 Å². The molecule has 2 aromatic heterocycles. The molecule has 0 saturated carbocycles. The summed E-state index contributed by atoms with van der Waals surface area (Å²) in [6.07, 6.45) is 0.968. The number of aromatic nitrogens is 2. The van der Waals surface area contributed by atoms with E-state index in [9.17, 15) is 4.79 Å². The third kappa shape index (κ3) is 3.59. The van der Waals surface area contributed by atoms with Crippen molar-refractivity contribution in [3.05, 3.63) is 66.2 Å². The Morgan fingerprint density at radius 2 is 1.96 bits per heavy atom. The van der Waals surface area contributed by atoms with Gasteiger partial charge in [0.1, 0.15) is 11.3 Å². The van der Waals surface area contributed by atoms with Crippen molar-refractivity contribution < 1.29 is 23.1 Å². The molecule has 0 amide bonds. The predicted octanol–water partition coefficient (Wildman–Crippen LogP) is 4.34. The summed E-state index contributed by atoms with van der Waals surface area (Å²) in [5, 5.41) is 8.84. The molecular weight excluding hydrogens is 360 g/mol. The van der Waals surface area contributed by atoms with Gasteiger partial charge in [-0.2, -0.15) is 0 Å². The molecule has 0 aliphatic carbocycles. The first-order valence-electron chi connectivity index (χ1n) is 8.76. The average molecular weight is 378 g/mol. The zero-order valence-corrected chi connectivity index (χ0v) is 15.4. The number of rotatable bonds is 6. The van der Waals surface area contributed by atoms with Crippen molar-refractivity contribution in [2.24, 2.45) is 0 Å². The maximum absolute atomic E-state index is 12.4. The summed E-state index contributed by atoms with van der Waals surface area (Å²) in [6, 6.07) is 14.9. The van der Waals surface area contributed by atoms with Crippen molar-refractivity contribution in [2.45, 2.75) is 19.4 Å². The lowest BCUT2D eigenvalue weighted by Gasteiger charge is -2.08. The van der Waals surface area contributed by atoms with E-state index >= 15 is 0 Å². The van der Waals surface area contributed by atoms with Gasteiger partial charge in [0.15, 0.2) is 6.10 Å². The Morgan fingerprint density at radius 3 is 2.75 bits per heavy atom. The van der Waals surface area contributed by atoms with Crippen LogP contribution < -0.4 is 4.74 Å². The number of carbonyl (C=O) groups is 1. The molecular formula is C21H18N2O5. The highest BCUT2D eigenvalue weighted by molar-refractivity contribution is 5.86. The highest BCUT2D eigenvalue weighted by Gasteiger charge is 2.20. The molecule has 0 aliphatic heterocycles. The van der Waals surface area contributed by atoms with Gasteiger partial charge in [-0.25, -0.2) is 0 Å². The van der Waals surface area contributed by atoms with Gasteiger partial charge in [0.05, 0.1) is 19.8 Å². The van der Waals surface area contributed by atoms with Gasteiger partial charge in [-0.3, -0.25) is 4.79 Å². The van der Waals surface area contributed by atoms with E-state index in [2.05, 4.69) is 10.2 Å². The zero-order chi connectivity index (χ0) is 19.5. The van der Waals surface area contributed by atoms with Crippen molar-refractivity contribution in [1.29, 1.82) is 0 Å². The summed E-state index contributed by atoms with van der Waals surface area (Å²) in [5.41, 5.74) is 2.20. The van der Waals surface area contributed by atoms with Crippen molar-refractivity contribution in [2.75, 3.05) is 7.11 Å². The van der Waals surface area contributed by atoms with Crippen LogP contribution in [-0.2, 0) is 16.0 Å². The van der Waals surface area contributed by atoms with E-state index < -0.39 is 12.1 Å². The minimum absolute atomic E-state index is 0.0728. The Labute approximate surface area is 160 Å².